The normalized spacial score (nSPS) is 20.1. The summed E-state index contributed by atoms with van der Waals surface area (Å²) in [6.45, 7) is 0. The van der Waals surface area contributed by atoms with Crippen LogP contribution < -0.4 is 5.32 Å². The Hall–Kier alpha value is -2.20. The van der Waals surface area contributed by atoms with E-state index in [4.69, 9.17) is 0 Å². The molecule has 21 heavy (non-hydrogen) atoms. The van der Waals surface area contributed by atoms with Gasteiger partial charge in [-0.25, -0.2) is 4.39 Å². The van der Waals surface area contributed by atoms with Crippen molar-refractivity contribution in [3.8, 4) is 0 Å². The number of hydrogen-bond donors (Lipinski definition) is 2. The van der Waals surface area contributed by atoms with Crippen molar-refractivity contribution in [2.75, 3.05) is 0 Å². The fourth-order valence-corrected chi connectivity index (χ4v) is 2.79. The first-order chi connectivity index (χ1) is 10.1. The summed E-state index contributed by atoms with van der Waals surface area (Å²) in [7, 11) is 0. The van der Waals surface area contributed by atoms with Crippen LogP contribution in [-0.2, 0) is 17.6 Å². The molecule has 0 saturated heterocycles. The van der Waals surface area contributed by atoms with E-state index in [1.54, 1.807) is 18.2 Å². The number of carbonyl (C=O) groups is 1. The summed E-state index contributed by atoms with van der Waals surface area (Å²) in [4.78, 5) is 12.1. The lowest BCUT2D eigenvalue weighted by molar-refractivity contribution is -0.122. The van der Waals surface area contributed by atoms with Crippen LogP contribution in [0.5, 0.6) is 0 Å². The molecule has 0 heterocycles. The predicted molar refractivity (Wildman–Crippen MR) is 77.1 cm³/mol. The summed E-state index contributed by atoms with van der Waals surface area (Å²) < 4.78 is 13.5. The standard InChI is InChI=1S/C17H16FNO2/c18-14-8-4-2-6-12(14)10-16(21)19-17-13-7-3-1-5-11(13)9-15(17)20/h1-8,15,17,20H,9-10H2,(H,19,21)/t15-,17+/m0/s1. The molecule has 2 atom stereocenters. The molecule has 3 nitrogen and oxygen atoms in total. The topological polar surface area (TPSA) is 49.3 Å². The number of aliphatic hydroxyl groups excluding tert-OH is 1. The van der Waals surface area contributed by atoms with E-state index in [9.17, 15) is 14.3 Å². The predicted octanol–water partition coefficient (Wildman–Crippen LogP) is 2.14. The summed E-state index contributed by atoms with van der Waals surface area (Å²) in [5, 5.41) is 12.9. The molecule has 2 aromatic rings. The highest BCUT2D eigenvalue weighted by atomic mass is 19.1. The first-order valence-corrected chi connectivity index (χ1v) is 6.94. The van der Waals surface area contributed by atoms with E-state index in [0.717, 1.165) is 11.1 Å². The summed E-state index contributed by atoms with van der Waals surface area (Å²) in [6, 6.07) is 13.4. The second-order valence-electron chi connectivity index (χ2n) is 5.28. The average molecular weight is 285 g/mol. The van der Waals surface area contributed by atoms with E-state index in [2.05, 4.69) is 5.32 Å². The Morgan fingerprint density at radius 1 is 1.19 bits per heavy atom. The fourth-order valence-electron chi connectivity index (χ4n) is 2.79. The lowest BCUT2D eigenvalue weighted by Gasteiger charge is -2.18. The molecule has 1 amide bonds. The molecule has 0 radical (unpaired) electrons. The van der Waals surface area contributed by atoms with Gasteiger partial charge >= 0.3 is 0 Å². The highest BCUT2D eigenvalue weighted by Gasteiger charge is 2.31. The van der Waals surface area contributed by atoms with Crippen molar-refractivity contribution < 1.29 is 14.3 Å². The van der Waals surface area contributed by atoms with Crippen LogP contribution in [0.15, 0.2) is 48.5 Å². The number of benzene rings is 2. The molecule has 0 unspecified atom stereocenters. The van der Waals surface area contributed by atoms with Crippen molar-refractivity contribution >= 4 is 5.91 Å². The smallest absolute Gasteiger partial charge is 0.225 e. The molecule has 1 aliphatic carbocycles. The van der Waals surface area contributed by atoms with Crippen molar-refractivity contribution in [2.24, 2.45) is 0 Å². The Kier molecular flexibility index (Phi) is 3.71. The van der Waals surface area contributed by atoms with Gasteiger partial charge in [0.25, 0.3) is 0 Å². The van der Waals surface area contributed by atoms with Gasteiger partial charge in [0.2, 0.25) is 5.91 Å². The molecule has 2 aromatic carbocycles. The second-order valence-corrected chi connectivity index (χ2v) is 5.28. The summed E-state index contributed by atoms with van der Waals surface area (Å²) in [5.41, 5.74) is 2.34. The first kappa shape index (κ1) is 13.8. The van der Waals surface area contributed by atoms with Crippen LogP contribution in [0.2, 0.25) is 0 Å². The highest BCUT2D eigenvalue weighted by molar-refractivity contribution is 5.79. The van der Waals surface area contributed by atoms with E-state index in [0.29, 0.717) is 12.0 Å². The van der Waals surface area contributed by atoms with Gasteiger partial charge in [0.15, 0.2) is 0 Å². The molecule has 0 spiro atoms. The number of nitrogens with one attached hydrogen (secondary N) is 1. The quantitative estimate of drug-likeness (QED) is 0.907. The van der Waals surface area contributed by atoms with Crippen LogP contribution in [-0.4, -0.2) is 17.1 Å². The van der Waals surface area contributed by atoms with Crippen LogP contribution >= 0.6 is 0 Å². The third kappa shape index (κ3) is 2.81. The average Bonchev–Trinajstić information content (AvgIpc) is 2.78. The molecular weight excluding hydrogens is 269 g/mol. The molecular formula is C17H16FNO2. The van der Waals surface area contributed by atoms with Crippen LogP contribution in [0.25, 0.3) is 0 Å². The minimum atomic E-state index is -0.632. The zero-order valence-electron chi connectivity index (χ0n) is 11.4. The maximum absolute atomic E-state index is 13.5. The van der Waals surface area contributed by atoms with E-state index in [1.165, 1.54) is 6.07 Å². The number of carbonyl (C=O) groups excluding carboxylic acids is 1. The molecule has 0 aliphatic heterocycles. The molecule has 0 bridgehead atoms. The molecule has 0 saturated carbocycles. The second kappa shape index (κ2) is 5.66. The number of rotatable bonds is 3. The fraction of sp³-hybridized carbons (Fsp3) is 0.235. The van der Waals surface area contributed by atoms with Gasteiger partial charge in [-0.15, -0.1) is 0 Å². The summed E-state index contributed by atoms with van der Waals surface area (Å²) in [5.74, 6) is -0.680. The van der Waals surface area contributed by atoms with Gasteiger partial charge in [-0.3, -0.25) is 4.79 Å². The Bertz CT molecular complexity index is 671. The Labute approximate surface area is 122 Å². The van der Waals surface area contributed by atoms with Crippen molar-refractivity contribution in [1.29, 1.82) is 0 Å². The lowest BCUT2D eigenvalue weighted by Crippen LogP contribution is -2.34. The Morgan fingerprint density at radius 2 is 1.90 bits per heavy atom. The largest absolute Gasteiger partial charge is 0.390 e. The summed E-state index contributed by atoms with van der Waals surface area (Å²) in [6.07, 6.45) is -0.134. The molecule has 0 aromatic heterocycles. The van der Waals surface area contributed by atoms with Crippen LogP contribution in [0, 0.1) is 5.82 Å². The number of hydrogen-bond acceptors (Lipinski definition) is 2. The van der Waals surface area contributed by atoms with Crippen molar-refractivity contribution in [3.63, 3.8) is 0 Å². The maximum atomic E-state index is 13.5. The van der Waals surface area contributed by atoms with Gasteiger partial charge < -0.3 is 10.4 Å². The zero-order chi connectivity index (χ0) is 14.8. The number of amides is 1. The van der Waals surface area contributed by atoms with E-state index in [-0.39, 0.29) is 18.1 Å². The SMILES string of the molecule is O=C(Cc1ccccc1F)N[C@@H]1c2ccccc2C[C@@H]1O. The lowest BCUT2D eigenvalue weighted by atomic mass is 10.1. The zero-order valence-corrected chi connectivity index (χ0v) is 11.4. The van der Waals surface area contributed by atoms with Gasteiger partial charge in [0, 0.05) is 6.42 Å². The van der Waals surface area contributed by atoms with E-state index in [1.807, 2.05) is 24.3 Å². The monoisotopic (exact) mass is 285 g/mol. The number of fused-ring (bicyclic) bond motifs is 1. The molecule has 108 valence electrons. The Balaban J connectivity index is 1.72. The van der Waals surface area contributed by atoms with Crippen LogP contribution in [0.4, 0.5) is 4.39 Å². The molecule has 4 heteroatoms. The third-order valence-electron chi connectivity index (χ3n) is 3.83. The van der Waals surface area contributed by atoms with Crippen molar-refractivity contribution in [2.45, 2.75) is 25.0 Å². The van der Waals surface area contributed by atoms with Gasteiger partial charge in [0.05, 0.1) is 18.6 Å². The Morgan fingerprint density at radius 3 is 2.71 bits per heavy atom. The molecule has 1 aliphatic rings. The number of aliphatic hydroxyl groups is 1. The van der Waals surface area contributed by atoms with Crippen molar-refractivity contribution in [3.05, 3.63) is 71.0 Å². The van der Waals surface area contributed by atoms with E-state index < -0.39 is 12.1 Å². The molecule has 2 N–H and O–H groups in total. The minimum Gasteiger partial charge on any atom is -0.390 e. The van der Waals surface area contributed by atoms with Crippen molar-refractivity contribution in [1.82, 2.24) is 5.32 Å². The van der Waals surface area contributed by atoms with Crippen LogP contribution in [0.3, 0.4) is 0 Å². The van der Waals surface area contributed by atoms with E-state index >= 15 is 0 Å². The van der Waals surface area contributed by atoms with Gasteiger partial charge in [-0.1, -0.05) is 42.5 Å². The van der Waals surface area contributed by atoms with Gasteiger partial charge in [0.1, 0.15) is 5.82 Å². The van der Waals surface area contributed by atoms with Crippen LogP contribution in [0.1, 0.15) is 22.7 Å². The van der Waals surface area contributed by atoms with Gasteiger partial charge in [-0.2, -0.15) is 0 Å². The third-order valence-corrected chi connectivity index (χ3v) is 3.83. The highest BCUT2D eigenvalue weighted by Crippen LogP contribution is 2.31. The number of halogens is 1. The van der Waals surface area contributed by atoms with Gasteiger partial charge in [-0.05, 0) is 22.8 Å². The minimum absolute atomic E-state index is 0.0297. The molecule has 3 rings (SSSR count). The maximum Gasteiger partial charge on any atom is 0.225 e. The summed E-state index contributed by atoms with van der Waals surface area (Å²) >= 11 is 0. The molecule has 0 fully saturated rings. The first-order valence-electron chi connectivity index (χ1n) is 6.94.